The highest BCUT2D eigenvalue weighted by atomic mass is 16.2. The van der Waals surface area contributed by atoms with Crippen LogP contribution in [0.25, 0.3) is 0 Å². The summed E-state index contributed by atoms with van der Waals surface area (Å²) in [6, 6.07) is 1.67. The van der Waals surface area contributed by atoms with Crippen molar-refractivity contribution in [1.29, 1.82) is 0 Å². The molecule has 1 aromatic rings. The molecule has 0 bridgehead atoms. The molecule has 1 amide bonds. The van der Waals surface area contributed by atoms with Crippen LogP contribution in [0.3, 0.4) is 0 Å². The number of nitrogens with zero attached hydrogens (tertiary/aromatic N) is 2. The van der Waals surface area contributed by atoms with Crippen LogP contribution in [0.15, 0.2) is 18.5 Å². The van der Waals surface area contributed by atoms with Crippen molar-refractivity contribution in [2.75, 3.05) is 18.8 Å². The summed E-state index contributed by atoms with van der Waals surface area (Å²) in [5, 5.41) is 0. The molecule has 0 aromatic carbocycles. The summed E-state index contributed by atoms with van der Waals surface area (Å²) in [6.07, 6.45) is 5.24. The van der Waals surface area contributed by atoms with Gasteiger partial charge in [-0.2, -0.15) is 0 Å². The first kappa shape index (κ1) is 11.9. The van der Waals surface area contributed by atoms with E-state index in [-0.39, 0.29) is 5.91 Å². The van der Waals surface area contributed by atoms with E-state index < -0.39 is 0 Å². The number of nitrogens with two attached hydrogens (primary N) is 1. The molecule has 4 nitrogen and oxygen atoms in total. The molecule has 0 saturated carbocycles. The number of carbonyl (C=O) groups is 1. The first-order valence-electron chi connectivity index (χ1n) is 5.98. The van der Waals surface area contributed by atoms with Crippen LogP contribution in [-0.2, 0) is 0 Å². The highest BCUT2D eigenvalue weighted by Gasteiger charge is 2.28. The maximum Gasteiger partial charge on any atom is 0.257 e. The first-order chi connectivity index (χ1) is 7.99. The van der Waals surface area contributed by atoms with Crippen LogP contribution in [0.2, 0.25) is 0 Å². The minimum Gasteiger partial charge on any atom is -0.398 e. The van der Waals surface area contributed by atoms with E-state index in [4.69, 9.17) is 5.73 Å². The van der Waals surface area contributed by atoms with Gasteiger partial charge in [0.25, 0.3) is 5.91 Å². The number of hydrogen-bond donors (Lipinski definition) is 1. The molecule has 17 heavy (non-hydrogen) atoms. The lowest BCUT2D eigenvalue weighted by Crippen LogP contribution is -2.41. The fourth-order valence-corrected chi connectivity index (χ4v) is 2.07. The average molecular weight is 233 g/mol. The van der Waals surface area contributed by atoms with Gasteiger partial charge in [0.2, 0.25) is 0 Å². The van der Waals surface area contributed by atoms with Crippen molar-refractivity contribution in [2.24, 2.45) is 5.41 Å². The van der Waals surface area contributed by atoms with Crippen LogP contribution in [0.4, 0.5) is 5.69 Å². The van der Waals surface area contributed by atoms with Gasteiger partial charge in [0.1, 0.15) is 0 Å². The minimum absolute atomic E-state index is 0.00565. The number of rotatable bonds is 1. The van der Waals surface area contributed by atoms with E-state index in [1.807, 2.05) is 4.90 Å². The number of amides is 1. The Morgan fingerprint density at radius 2 is 2.06 bits per heavy atom. The highest BCUT2D eigenvalue weighted by Crippen LogP contribution is 2.30. The molecule has 2 heterocycles. The highest BCUT2D eigenvalue weighted by molar-refractivity contribution is 5.98. The summed E-state index contributed by atoms with van der Waals surface area (Å²) in [6.45, 7) is 6.10. The summed E-state index contributed by atoms with van der Waals surface area (Å²) in [5.41, 5.74) is 7.17. The fourth-order valence-electron chi connectivity index (χ4n) is 2.07. The molecule has 0 aliphatic carbocycles. The van der Waals surface area contributed by atoms with Crippen molar-refractivity contribution in [2.45, 2.75) is 26.7 Å². The Labute approximate surface area is 102 Å². The number of piperidine rings is 1. The van der Waals surface area contributed by atoms with Crippen LogP contribution in [0.5, 0.6) is 0 Å². The van der Waals surface area contributed by atoms with E-state index in [9.17, 15) is 4.79 Å². The van der Waals surface area contributed by atoms with Crippen LogP contribution in [0.1, 0.15) is 37.0 Å². The molecule has 0 spiro atoms. The summed E-state index contributed by atoms with van der Waals surface area (Å²) in [4.78, 5) is 18.1. The average Bonchev–Trinajstić information content (AvgIpc) is 2.29. The molecule has 2 N–H and O–H groups in total. The molecule has 0 unspecified atom stereocenters. The van der Waals surface area contributed by atoms with Crippen LogP contribution >= 0.6 is 0 Å². The lowest BCUT2D eigenvalue weighted by atomic mass is 9.82. The van der Waals surface area contributed by atoms with E-state index in [2.05, 4.69) is 18.8 Å². The van der Waals surface area contributed by atoms with Crippen LogP contribution in [-0.4, -0.2) is 28.9 Å². The second-order valence-electron chi connectivity index (χ2n) is 5.42. The summed E-state index contributed by atoms with van der Waals surface area (Å²) in [7, 11) is 0. The molecule has 1 saturated heterocycles. The molecule has 1 fully saturated rings. The van der Waals surface area contributed by atoms with Gasteiger partial charge in [-0.25, -0.2) is 0 Å². The largest absolute Gasteiger partial charge is 0.398 e. The van der Waals surface area contributed by atoms with Crippen molar-refractivity contribution in [3.8, 4) is 0 Å². The van der Waals surface area contributed by atoms with Crippen molar-refractivity contribution < 1.29 is 4.79 Å². The second kappa shape index (κ2) is 4.35. The van der Waals surface area contributed by atoms with Crippen LogP contribution < -0.4 is 5.73 Å². The van der Waals surface area contributed by atoms with Gasteiger partial charge in [0.15, 0.2) is 0 Å². The zero-order valence-corrected chi connectivity index (χ0v) is 10.4. The van der Waals surface area contributed by atoms with Gasteiger partial charge in [-0.15, -0.1) is 0 Å². The van der Waals surface area contributed by atoms with Crippen molar-refractivity contribution in [1.82, 2.24) is 9.88 Å². The number of hydrogen-bond acceptors (Lipinski definition) is 3. The second-order valence-corrected chi connectivity index (χ2v) is 5.42. The lowest BCUT2D eigenvalue weighted by Gasteiger charge is -2.37. The molecule has 92 valence electrons. The molecule has 1 aliphatic rings. The summed E-state index contributed by atoms with van der Waals surface area (Å²) < 4.78 is 0. The third-order valence-corrected chi connectivity index (χ3v) is 3.49. The Morgan fingerprint density at radius 1 is 1.41 bits per heavy atom. The molecule has 0 atom stereocenters. The molecular formula is C13H19N3O. The predicted molar refractivity (Wildman–Crippen MR) is 67.6 cm³/mol. The Hall–Kier alpha value is -1.58. The normalized spacial score (nSPS) is 19.1. The Morgan fingerprint density at radius 3 is 2.65 bits per heavy atom. The third-order valence-electron chi connectivity index (χ3n) is 3.49. The number of aromatic nitrogens is 1. The first-order valence-corrected chi connectivity index (χ1v) is 5.98. The van der Waals surface area contributed by atoms with Gasteiger partial charge in [-0.3, -0.25) is 9.78 Å². The molecule has 1 aliphatic heterocycles. The number of anilines is 1. The number of nitrogen functional groups attached to an aromatic ring is 1. The third kappa shape index (κ3) is 2.57. The number of likely N-dealkylation sites (tertiary alicyclic amines) is 1. The van der Waals surface area contributed by atoms with Gasteiger partial charge in [-0.05, 0) is 24.3 Å². The Kier molecular flexibility index (Phi) is 3.05. The minimum atomic E-state index is 0.00565. The van der Waals surface area contributed by atoms with Gasteiger partial charge < -0.3 is 10.6 Å². The Bertz CT molecular complexity index is 418. The zero-order chi connectivity index (χ0) is 12.5. The fraction of sp³-hybridized carbons (Fsp3) is 0.538. The topological polar surface area (TPSA) is 59.2 Å². The maximum atomic E-state index is 12.2. The van der Waals surface area contributed by atoms with Gasteiger partial charge in [0, 0.05) is 31.2 Å². The van der Waals surface area contributed by atoms with Gasteiger partial charge in [0.05, 0.1) is 5.56 Å². The van der Waals surface area contributed by atoms with E-state index in [0.717, 1.165) is 25.9 Å². The van der Waals surface area contributed by atoms with E-state index in [1.165, 1.54) is 0 Å². The van der Waals surface area contributed by atoms with Crippen molar-refractivity contribution in [3.05, 3.63) is 24.0 Å². The quantitative estimate of drug-likeness (QED) is 0.806. The van der Waals surface area contributed by atoms with Crippen molar-refractivity contribution >= 4 is 11.6 Å². The number of carbonyl (C=O) groups excluding carboxylic acids is 1. The lowest BCUT2D eigenvalue weighted by molar-refractivity contribution is 0.0631. The van der Waals surface area contributed by atoms with Crippen LogP contribution in [0, 0.1) is 5.41 Å². The smallest absolute Gasteiger partial charge is 0.257 e. The maximum absolute atomic E-state index is 12.2. The van der Waals surface area contributed by atoms with Gasteiger partial charge in [-0.1, -0.05) is 13.8 Å². The monoisotopic (exact) mass is 233 g/mol. The number of pyridine rings is 1. The van der Waals surface area contributed by atoms with E-state index in [0.29, 0.717) is 16.7 Å². The summed E-state index contributed by atoms with van der Waals surface area (Å²) >= 11 is 0. The molecule has 4 heteroatoms. The van der Waals surface area contributed by atoms with E-state index in [1.54, 1.807) is 18.5 Å². The predicted octanol–water partition coefficient (Wildman–Crippen LogP) is 1.93. The van der Waals surface area contributed by atoms with Crippen molar-refractivity contribution in [3.63, 3.8) is 0 Å². The molecular weight excluding hydrogens is 214 g/mol. The zero-order valence-electron chi connectivity index (χ0n) is 10.4. The Balaban J connectivity index is 2.10. The molecule has 1 aromatic heterocycles. The molecule has 0 radical (unpaired) electrons. The van der Waals surface area contributed by atoms with Gasteiger partial charge >= 0.3 is 0 Å². The summed E-state index contributed by atoms with van der Waals surface area (Å²) in [5.74, 6) is 0.00565. The van der Waals surface area contributed by atoms with E-state index >= 15 is 0 Å². The standard InChI is InChI=1S/C13H19N3O/c1-13(2)4-7-16(8-5-13)12(17)10-9-15-6-3-11(10)14/h3,6,9H,4-5,7-8H2,1-2H3,(H2,14,15). The SMILES string of the molecule is CC1(C)CCN(C(=O)c2cnccc2N)CC1. The molecule has 2 rings (SSSR count).